The van der Waals surface area contributed by atoms with Gasteiger partial charge in [-0.2, -0.15) is 0 Å². The van der Waals surface area contributed by atoms with Gasteiger partial charge in [0, 0.05) is 17.8 Å². The molecule has 0 bridgehead atoms. The first-order chi connectivity index (χ1) is 11.8. The summed E-state index contributed by atoms with van der Waals surface area (Å²) in [5.41, 5.74) is 2.51. The van der Waals surface area contributed by atoms with Crippen molar-refractivity contribution in [3.8, 4) is 0 Å². The number of carbonyl (C=O) groups excluding carboxylic acids is 2. The summed E-state index contributed by atoms with van der Waals surface area (Å²) in [4.78, 5) is 35.3. The maximum atomic E-state index is 12.2. The lowest BCUT2D eigenvalue weighted by Gasteiger charge is -2.53. The van der Waals surface area contributed by atoms with Crippen LogP contribution in [-0.4, -0.2) is 22.6 Å². The highest BCUT2D eigenvalue weighted by atomic mass is 16.4. The normalized spacial score (nSPS) is 42.6. The van der Waals surface area contributed by atoms with Gasteiger partial charge in [0.15, 0.2) is 5.78 Å². The number of allylic oxidation sites excluding steroid dienone is 4. The summed E-state index contributed by atoms with van der Waals surface area (Å²) in [6.45, 7) is 4.41. The van der Waals surface area contributed by atoms with Gasteiger partial charge in [-0.25, -0.2) is 4.79 Å². The zero-order chi connectivity index (χ0) is 18.0. The van der Waals surface area contributed by atoms with Gasteiger partial charge in [-0.1, -0.05) is 31.1 Å². The average Bonchev–Trinajstić information content (AvgIpc) is 2.92. The summed E-state index contributed by atoms with van der Waals surface area (Å²) in [7, 11) is 0. The fourth-order valence-electron chi connectivity index (χ4n) is 6.44. The van der Waals surface area contributed by atoms with E-state index < -0.39 is 11.8 Å². The largest absolute Gasteiger partial charge is 0.475 e. The quantitative estimate of drug-likeness (QED) is 0.613. The van der Waals surface area contributed by atoms with Gasteiger partial charge in [0.2, 0.25) is 5.78 Å². The summed E-state index contributed by atoms with van der Waals surface area (Å²) in [5.74, 6) is -1.18. The number of hydrogen-bond donors (Lipinski definition) is 1. The third kappa shape index (κ3) is 2.22. The van der Waals surface area contributed by atoms with Crippen LogP contribution in [0.1, 0.15) is 58.8 Å². The van der Waals surface area contributed by atoms with Crippen LogP contribution < -0.4 is 0 Å². The molecular weight excluding hydrogens is 316 g/mol. The van der Waals surface area contributed by atoms with E-state index in [1.165, 1.54) is 11.1 Å². The van der Waals surface area contributed by atoms with Crippen LogP contribution >= 0.6 is 0 Å². The zero-order valence-corrected chi connectivity index (χ0v) is 15.0. The van der Waals surface area contributed by atoms with Gasteiger partial charge in [0.25, 0.3) is 0 Å². The lowest BCUT2D eigenvalue weighted by molar-refractivity contribution is -0.153. The van der Waals surface area contributed by atoms with Crippen LogP contribution in [0.3, 0.4) is 0 Å². The van der Waals surface area contributed by atoms with Crippen molar-refractivity contribution in [1.82, 2.24) is 0 Å². The Morgan fingerprint density at radius 3 is 2.64 bits per heavy atom. The van der Waals surface area contributed by atoms with Crippen molar-refractivity contribution in [2.75, 3.05) is 0 Å². The molecule has 0 saturated heterocycles. The second kappa shape index (κ2) is 5.39. The Bertz CT molecular complexity index is 730. The highest BCUT2D eigenvalue weighted by Gasteiger charge is 2.58. The molecule has 4 aliphatic rings. The fraction of sp³-hybridized carbons (Fsp3) is 0.667. The molecule has 4 heteroatoms. The first kappa shape index (κ1) is 16.7. The van der Waals surface area contributed by atoms with Crippen molar-refractivity contribution in [3.63, 3.8) is 0 Å². The molecule has 4 nitrogen and oxygen atoms in total. The number of ketones is 2. The highest BCUT2D eigenvalue weighted by molar-refractivity contribution is 6.33. The summed E-state index contributed by atoms with van der Waals surface area (Å²) < 4.78 is 0. The maximum absolute atomic E-state index is 12.2. The number of Topliss-reactive ketones (excluding diaryl/α,β-unsaturated/α-hetero) is 1. The number of hydrogen-bond acceptors (Lipinski definition) is 3. The van der Waals surface area contributed by atoms with Crippen LogP contribution in [-0.2, 0) is 14.4 Å². The van der Waals surface area contributed by atoms with E-state index in [0.717, 1.165) is 32.1 Å². The second-order valence-electron chi connectivity index (χ2n) is 8.89. The molecule has 0 aromatic heterocycles. The van der Waals surface area contributed by atoms with E-state index in [2.05, 4.69) is 19.9 Å². The summed E-state index contributed by atoms with van der Waals surface area (Å²) in [6.07, 6.45) is 10.1. The predicted octanol–water partition coefficient (Wildman–Crippen LogP) is 3.71. The zero-order valence-electron chi connectivity index (χ0n) is 15.0. The molecule has 2 fully saturated rings. The van der Waals surface area contributed by atoms with Gasteiger partial charge in [-0.15, -0.1) is 0 Å². The van der Waals surface area contributed by atoms with Crippen molar-refractivity contribution in [3.05, 3.63) is 23.3 Å². The number of carboxylic acid groups (broad SMARTS) is 1. The van der Waals surface area contributed by atoms with Crippen LogP contribution in [0.5, 0.6) is 0 Å². The third-order valence-electron chi connectivity index (χ3n) is 7.86. The Hall–Kier alpha value is -1.71. The molecule has 2 saturated carbocycles. The molecule has 0 heterocycles. The molecule has 0 aliphatic heterocycles. The summed E-state index contributed by atoms with van der Waals surface area (Å²) >= 11 is 0. The lowest BCUT2D eigenvalue weighted by atomic mass is 9.51. The van der Waals surface area contributed by atoms with Crippen molar-refractivity contribution >= 4 is 17.5 Å². The summed E-state index contributed by atoms with van der Waals surface area (Å²) in [6, 6.07) is 0. The SMILES string of the molecule is C[C@]12CCC(=O)C=C1CC[C@@H]1C2=CC[C@]2(C)[C@@H](C(=O)C(=O)O)CC[C@@H]12. The number of rotatable bonds is 2. The Morgan fingerprint density at radius 1 is 1.16 bits per heavy atom. The molecule has 25 heavy (non-hydrogen) atoms. The summed E-state index contributed by atoms with van der Waals surface area (Å²) in [5, 5.41) is 9.20. The van der Waals surface area contributed by atoms with Gasteiger partial charge < -0.3 is 5.11 Å². The first-order valence-electron chi connectivity index (χ1n) is 9.49. The van der Waals surface area contributed by atoms with Crippen molar-refractivity contribution in [2.45, 2.75) is 58.8 Å². The molecule has 4 aliphatic carbocycles. The third-order valence-corrected chi connectivity index (χ3v) is 7.86. The molecule has 0 spiro atoms. The highest BCUT2D eigenvalue weighted by Crippen LogP contribution is 2.64. The van der Waals surface area contributed by atoms with Crippen molar-refractivity contribution < 1.29 is 19.5 Å². The van der Waals surface area contributed by atoms with Crippen LogP contribution in [0.15, 0.2) is 23.3 Å². The number of fused-ring (bicyclic) bond motifs is 5. The van der Waals surface area contributed by atoms with Crippen LogP contribution in [0.2, 0.25) is 0 Å². The van der Waals surface area contributed by atoms with Gasteiger partial charge in [-0.3, -0.25) is 9.59 Å². The predicted molar refractivity (Wildman–Crippen MR) is 92.8 cm³/mol. The van der Waals surface area contributed by atoms with E-state index in [9.17, 15) is 19.5 Å². The van der Waals surface area contributed by atoms with E-state index >= 15 is 0 Å². The molecule has 0 aromatic rings. The van der Waals surface area contributed by atoms with Crippen LogP contribution in [0.4, 0.5) is 0 Å². The Morgan fingerprint density at radius 2 is 1.92 bits per heavy atom. The van der Waals surface area contributed by atoms with Crippen LogP contribution in [0, 0.1) is 28.6 Å². The van der Waals surface area contributed by atoms with E-state index in [1.54, 1.807) is 0 Å². The Kier molecular flexibility index (Phi) is 3.61. The fourth-order valence-corrected chi connectivity index (χ4v) is 6.44. The number of aliphatic carboxylic acids is 1. The minimum absolute atomic E-state index is 0.00689. The van der Waals surface area contributed by atoms with Crippen molar-refractivity contribution in [2.24, 2.45) is 28.6 Å². The minimum atomic E-state index is -1.28. The van der Waals surface area contributed by atoms with Crippen LogP contribution in [0.25, 0.3) is 0 Å². The molecule has 0 amide bonds. The van der Waals surface area contributed by atoms with Crippen molar-refractivity contribution in [1.29, 1.82) is 0 Å². The molecule has 1 N–H and O–H groups in total. The van der Waals surface area contributed by atoms with Gasteiger partial charge in [0.1, 0.15) is 0 Å². The number of carboxylic acids is 1. The van der Waals surface area contributed by atoms with E-state index in [-0.39, 0.29) is 22.5 Å². The molecule has 0 radical (unpaired) electrons. The standard InChI is InChI=1S/C21H26O4/c1-20-9-7-13(22)11-12(20)3-4-14-15-5-6-17(18(23)19(24)25)21(15,2)10-8-16(14)20/h8,11,14-15,17H,3-7,9-10H2,1-2H3,(H,24,25)/t14-,15-,17+,20-,21-/m0/s1. The molecule has 5 atom stereocenters. The van der Waals surface area contributed by atoms with E-state index in [4.69, 9.17) is 0 Å². The van der Waals surface area contributed by atoms with Gasteiger partial charge in [0.05, 0.1) is 0 Å². The molecule has 0 aromatic carbocycles. The monoisotopic (exact) mass is 342 g/mol. The number of carbonyl (C=O) groups is 3. The maximum Gasteiger partial charge on any atom is 0.372 e. The first-order valence-corrected chi connectivity index (χ1v) is 9.49. The lowest BCUT2D eigenvalue weighted by Crippen LogP contribution is -2.46. The van der Waals surface area contributed by atoms with Gasteiger partial charge >= 0.3 is 5.97 Å². The average molecular weight is 342 g/mol. The molecule has 134 valence electrons. The molecule has 4 rings (SSSR count). The Balaban J connectivity index is 1.71. The topological polar surface area (TPSA) is 71.4 Å². The minimum Gasteiger partial charge on any atom is -0.475 e. The van der Waals surface area contributed by atoms with E-state index in [0.29, 0.717) is 24.7 Å². The molecule has 0 unspecified atom stereocenters. The van der Waals surface area contributed by atoms with E-state index in [1.807, 2.05) is 6.08 Å². The Labute approximate surface area is 148 Å². The molecular formula is C21H26O4. The van der Waals surface area contributed by atoms with Gasteiger partial charge in [-0.05, 0) is 61.9 Å². The second-order valence-corrected chi connectivity index (χ2v) is 8.89. The smallest absolute Gasteiger partial charge is 0.372 e.